The second-order valence-corrected chi connectivity index (χ2v) is 3.16. The number of benzene rings is 1. The number of aryl methyl sites for hydroxylation is 1. The minimum Gasteiger partial charge on any atom is -0.481 e. The molecule has 0 radical (unpaired) electrons. The highest BCUT2D eigenvalue weighted by molar-refractivity contribution is 5.67. The zero-order chi connectivity index (χ0) is 12.0. The fraction of sp³-hybridized carbons (Fsp3) is 0.250. The third-order valence-electron chi connectivity index (χ3n) is 1.97. The molecule has 0 amide bonds. The molecule has 0 bridgehead atoms. The summed E-state index contributed by atoms with van der Waals surface area (Å²) in [5, 5.41) is 16.9. The molecule has 1 aromatic carbocycles. The van der Waals surface area contributed by atoms with Crippen molar-refractivity contribution in [3.05, 3.63) is 35.1 Å². The molecule has 0 aliphatic carbocycles. The standard InChI is InChI=1S/C12H11FO3/c13-11-8-9(2-1-7-14)3-4-10(11)5-6-12(15)16/h3-4,8,14H,5-7H2,(H,15,16). The Bertz CT molecular complexity index is 443. The van der Waals surface area contributed by atoms with Crippen LogP contribution < -0.4 is 0 Å². The average molecular weight is 222 g/mol. The number of carboxylic acid groups (broad SMARTS) is 1. The fourth-order valence-corrected chi connectivity index (χ4v) is 1.21. The maximum Gasteiger partial charge on any atom is 0.303 e. The van der Waals surface area contributed by atoms with E-state index in [1.54, 1.807) is 6.07 Å². The number of hydrogen-bond acceptors (Lipinski definition) is 2. The minimum absolute atomic E-state index is 0.0986. The van der Waals surface area contributed by atoms with Crippen LogP contribution in [0, 0.1) is 17.7 Å². The van der Waals surface area contributed by atoms with E-state index in [1.165, 1.54) is 12.1 Å². The zero-order valence-corrected chi connectivity index (χ0v) is 8.53. The van der Waals surface area contributed by atoms with E-state index in [0.717, 1.165) is 0 Å². The van der Waals surface area contributed by atoms with Crippen LogP contribution in [0.15, 0.2) is 18.2 Å². The summed E-state index contributed by atoms with van der Waals surface area (Å²) in [6.45, 7) is -0.275. The second kappa shape index (κ2) is 5.89. The molecular formula is C12H11FO3. The van der Waals surface area contributed by atoms with Crippen LogP contribution in [-0.2, 0) is 11.2 Å². The normalized spacial score (nSPS) is 9.38. The molecule has 0 aliphatic heterocycles. The second-order valence-electron chi connectivity index (χ2n) is 3.16. The first-order chi connectivity index (χ1) is 7.63. The van der Waals surface area contributed by atoms with E-state index in [2.05, 4.69) is 11.8 Å². The molecule has 84 valence electrons. The van der Waals surface area contributed by atoms with Crippen LogP contribution in [0.5, 0.6) is 0 Å². The van der Waals surface area contributed by atoms with E-state index >= 15 is 0 Å². The highest BCUT2D eigenvalue weighted by Gasteiger charge is 2.05. The van der Waals surface area contributed by atoms with Gasteiger partial charge in [0.05, 0.1) is 0 Å². The first-order valence-corrected chi connectivity index (χ1v) is 4.73. The predicted molar refractivity (Wildman–Crippen MR) is 56.3 cm³/mol. The fourth-order valence-electron chi connectivity index (χ4n) is 1.21. The van der Waals surface area contributed by atoms with Crippen LogP contribution in [0.4, 0.5) is 4.39 Å². The lowest BCUT2D eigenvalue weighted by Gasteiger charge is -2.01. The molecular weight excluding hydrogens is 211 g/mol. The minimum atomic E-state index is -0.955. The van der Waals surface area contributed by atoms with Crippen LogP contribution in [0.2, 0.25) is 0 Å². The van der Waals surface area contributed by atoms with Gasteiger partial charge in [0.15, 0.2) is 0 Å². The van der Waals surface area contributed by atoms with Gasteiger partial charge < -0.3 is 10.2 Å². The van der Waals surface area contributed by atoms with Crippen molar-refractivity contribution >= 4 is 5.97 Å². The molecule has 1 aromatic rings. The number of halogens is 1. The number of aliphatic hydroxyl groups is 1. The van der Waals surface area contributed by atoms with Crippen LogP contribution >= 0.6 is 0 Å². The number of rotatable bonds is 3. The van der Waals surface area contributed by atoms with Gasteiger partial charge >= 0.3 is 5.97 Å². The molecule has 0 saturated heterocycles. The van der Waals surface area contributed by atoms with Crippen molar-refractivity contribution < 1.29 is 19.4 Å². The molecule has 2 N–H and O–H groups in total. The molecule has 4 heteroatoms. The molecule has 0 heterocycles. The summed E-state index contributed by atoms with van der Waals surface area (Å²) >= 11 is 0. The Labute approximate surface area is 92.5 Å². The van der Waals surface area contributed by atoms with Crippen molar-refractivity contribution in [1.82, 2.24) is 0 Å². The summed E-state index contributed by atoms with van der Waals surface area (Å²) < 4.78 is 13.4. The summed E-state index contributed by atoms with van der Waals surface area (Å²) in [5.41, 5.74) is 0.822. The molecule has 0 fully saturated rings. The van der Waals surface area contributed by atoms with Gasteiger partial charge in [-0.3, -0.25) is 4.79 Å². The molecule has 0 unspecified atom stereocenters. The van der Waals surface area contributed by atoms with E-state index in [4.69, 9.17) is 10.2 Å². The van der Waals surface area contributed by atoms with Crippen LogP contribution in [0.25, 0.3) is 0 Å². The summed E-state index contributed by atoms with van der Waals surface area (Å²) in [5.74, 6) is 3.56. The van der Waals surface area contributed by atoms with Crippen LogP contribution in [0.1, 0.15) is 17.5 Å². The van der Waals surface area contributed by atoms with Crippen molar-refractivity contribution in [2.24, 2.45) is 0 Å². The quantitative estimate of drug-likeness (QED) is 0.755. The van der Waals surface area contributed by atoms with Crippen molar-refractivity contribution in [3.8, 4) is 11.8 Å². The van der Waals surface area contributed by atoms with Gasteiger partial charge in [-0.15, -0.1) is 0 Å². The number of carboxylic acids is 1. The summed E-state index contributed by atoms with van der Waals surface area (Å²) in [7, 11) is 0. The van der Waals surface area contributed by atoms with Gasteiger partial charge in [-0.25, -0.2) is 4.39 Å². The largest absolute Gasteiger partial charge is 0.481 e. The van der Waals surface area contributed by atoms with Crippen molar-refractivity contribution in [3.63, 3.8) is 0 Å². The maximum absolute atomic E-state index is 13.4. The topological polar surface area (TPSA) is 57.5 Å². The Morgan fingerprint density at radius 3 is 2.75 bits per heavy atom. The predicted octanol–water partition coefficient (Wildman–Crippen LogP) is 1.19. The first kappa shape index (κ1) is 12.2. The van der Waals surface area contributed by atoms with Crippen molar-refractivity contribution in [2.75, 3.05) is 6.61 Å². The molecule has 16 heavy (non-hydrogen) atoms. The highest BCUT2D eigenvalue weighted by atomic mass is 19.1. The zero-order valence-electron chi connectivity index (χ0n) is 8.53. The van der Waals surface area contributed by atoms with E-state index in [1.807, 2.05) is 0 Å². The highest BCUT2D eigenvalue weighted by Crippen LogP contribution is 2.11. The molecule has 0 atom stereocenters. The average Bonchev–Trinajstić information content (AvgIpc) is 2.24. The van der Waals surface area contributed by atoms with Gasteiger partial charge in [-0.05, 0) is 24.1 Å². The maximum atomic E-state index is 13.4. The summed E-state index contributed by atoms with van der Waals surface area (Å²) in [6.07, 6.45) is 0.0630. The van der Waals surface area contributed by atoms with Gasteiger partial charge in [0.1, 0.15) is 12.4 Å². The first-order valence-electron chi connectivity index (χ1n) is 4.73. The van der Waals surface area contributed by atoms with Gasteiger partial charge in [0.25, 0.3) is 0 Å². The third-order valence-corrected chi connectivity index (χ3v) is 1.97. The van der Waals surface area contributed by atoms with E-state index in [-0.39, 0.29) is 19.4 Å². The van der Waals surface area contributed by atoms with Gasteiger partial charge in [-0.2, -0.15) is 0 Å². The van der Waals surface area contributed by atoms with Crippen molar-refractivity contribution in [2.45, 2.75) is 12.8 Å². The third kappa shape index (κ3) is 3.71. The van der Waals surface area contributed by atoms with Crippen molar-refractivity contribution in [1.29, 1.82) is 0 Å². The Morgan fingerprint density at radius 1 is 1.44 bits per heavy atom. The Hall–Kier alpha value is -1.86. The lowest BCUT2D eigenvalue weighted by atomic mass is 10.1. The molecule has 0 saturated carbocycles. The lowest BCUT2D eigenvalue weighted by Crippen LogP contribution is -1.99. The Kier molecular flexibility index (Phi) is 4.49. The number of carbonyl (C=O) groups is 1. The van der Waals surface area contributed by atoms with Crippen LogP contribution in [-0.4, -0.2) is 22.8 Å². The number of aliphatic hydroxyl groups excluding tert-OH is 1. The van der Waals surface area contributed by atoms with Gasteiger partial charge in [0, 0.05) is 12.0 Å². The SMILES string of the molecule is O=C(O)CCc1ccc(C#CCO)cc1F. The number of aliphatic carboxylic acids is 1. The smallest absolute Gasteiger partial charge is 0.303 e. The molecule has 0 aromatic heterocycles. The Morgan fingerprint density at radius 2 is 2.19 bits per heavy atom. The lowest BCUT2D eigenvalue weighted by molar-refractivity contribution is -0.136. The van der Waals surface area contributed by atoms with E-state index in [0.29, 0.717) is 11.1 Å². The molecule has 0 aliphatic rings. The molecule has 1 rings (SSSR count). The van der Waals surface area contributed by atoms with Gasteiger partial charge in [-0.1, -0.05) is 17.9 Å². The number of hydrogen-bond donors (Lipinski definition) is 2. The summed E-state index contributed by atoms with van der Waals surface area (Å²) in [4.78, 5) is 10.3. The monoisotopic (exact) mass is 222 g/mol. The van der Waals surface area contributed by atoms with Crippen LogP contribution in [0.3, 0.4) is 0 Å². The van der Waals surface area contributed by atoms with E-state index < -0.39 is 11.8 Å². The molecule has 0 spiro atoms. The van der Waals surface area contributed by atoms with Gasteiger partial charge in [0.2, 0.25) is 0 Å². The van der Waals surface area contributed by atoms with E-state index in [9.17, 15) is 9.18 Å². The summed E-state index contributed by atoms with van der Waals surface area (Å²) in [6, 6.07) is 4.35. The molecule has 3 nitrogen and oxygen atoms in total. The Balaban J connectivity index is 2.79.